The molecule has 1 aromatic carbocycles. The molecule has 0 saturated carbocycles. The van der Waals surface area contributed by atoms with Crippen LogP contribution in [0.4, 0.5) is 26.2 Å². The van der Waals surface area contributed by atoms with E-state index in [1.807, 2.05) is 19.1 Å². The fraction of sp³-hybridized carbons (Fsp3) is 0.0500. The first-order valence-electron chi connectivity index (χ1n) is 9.10. The second kappa shape index (κ2) is 7.13. The maximum atomic E-state index is 14.1. The fourth-order valence-corrected chi connectivity index (χ4v) is 3.17. The van der Waals surface area contributed by atoms with Crippen molar-refractivity contribution in [3.63, 3.8) is 0 Å². The van der Waals surface area contributed by atoms with E-state index < -0.39 is 11.8 Å². The summed E-state index contributed by atoms with van der Waals surface area (Å²) in [4.78, 5) is 16.1. The van der Waals surface area contributed by atoms with E-state index >= 15 is 0 Å². The first-order chi connectivity index (χ1) is 15.0. The molecule has 0 radical (unpaired) electrons. The summed E-state index contributed by atoms with van der Waals surface area (Å²) in [5, 5.41) is 10.7. The zero-order valence-electron chi connectivity index (χ0n) is 16.0. The van der Waals surface area contributed by atoms with Gasteiger partial charge in [-0.3, -0.25) is 5.10 Å². The molecule has 0 spiro atoms. The number of pyridine rings is 2. The number of aromatic amines is 1. The minimum atomic E-state index is -0.838. The van der Waals surface area contributed by atoms with Crippen LogP contribution in [0.1, 0.15) is 5.56 Å². The summed E-state index contributed by atoms with van der Waals surface area (Å²) < 4.78 is 33.7. The minimum absolute atomic E-state index is 0.0895. The quantitative estimate of drug-likeness (QED) is 0.372. The van der Waals surface area contributed by atoms with Crippen molar-refractivity contribution in [1.29, 1.82) is 0 Å². The standard InChI is InChI=1S/C20H14F2N8O/c1-9-2-4-12-10(7-26-30-12)17(9)31-20-16-13(24-8-25-18(16)23)6-15(29-20)28-19-11(21)3-5-14(22)27-19/h2-8H,1H3,(H,26,30)(H2,23,24,25)(H,27,28,29). The van der Waals surface area contributed by atoms with Gasteiger partial charge in [0.15, 0.2) is 11.6 Å². The highest BCUT2D eigenvalue weighted by molar-refractivity contribution is 5.95. The lowest BCUT2D eigenvalue weighted by atomic mass is 10.1. The van der Waals surface area contributed by atoms with Gasteiger partial charge in [-0.2, -0.15) is 19.5 Å². The van der Waals surface area contributed by atoms with Crippen LogP contribution in [0.25, 0.3) is 21.8 Å². The van der Waals surface area contributed by atoms with Crippen LogP contribution in [0, 0.1) is 18.7 Å². The lowest BCUT2D eigenvalue weighted by Gasteiger charge is -2.14. The van der Waals surface area contributed by atoms with Gasteiger partial charge in [-0.25, -0.2) is 14.4 Å². The summed E-state index contributed by atoms with van der Waals surface area (Å²) in [6, 6.07) is 7.14. The third kappa shape index (κ3) is 3.31. The Morgan fingerprint density at radius 3 is 2.84 bits per heavy atom. The second-order valence-electron chi connectivity index (χ2n) is 6.70. The molecule has 0 saturated heterocycles. The topological polar surface area (TPSA) is 128 Å². The van der Waals surface area contributed by atoms with Gasteiger partial charge >= 0.3 is 0 Å². The summed E-state index contributed by atoms with van der Waals surface area (Å²) in [5.41, 5.74) is 8.05. The van der Waals surface area contributed by atoms with Gasteiger partial charge in [-0.1, -0.05) is 6.07 Å². The van der Waals surface area contributed by atoms with Gasteiger partial charge in [0.05, 0.1) is 22.6 Å². The summed E-state index contributed by atoms with van der Waals surface area (Å²) in [5.74, 6) is -1.02. The zero-order chi connectivity index (χ0) is 21.5. The number of halogens is 2. The fourth-order valence-electron chi connectivity index (χ4n) is 3.17. The van der Waals surface area contributed by atoms with Gasteiger partial charge in [0.25, 0.3) is 0 Å². The molecule has 11 heteroatoms. The summed E-state index contributed by atoms with van der Waals surface area (Å²) in [7, 11) is 0. The molecule has 4 aromatic heterocycles. The Bertz CT molecular complexity index is 1450. The van der Waals surface area contributed by atoms with Gasteiger partial charge < -0.3 is 15.8 Å². The van der Waals surface area contributed by atoms with Crippen molar-refractivity contribution in [2.75, 3.05) is 11.1 Å². The molecule has 0 amide bonds. The highest BCUT2D eigenvalue weighted by Crippen LogP contribution is 2.37. The van der Waals surface area contributed by atoms with Crippen molar-refractivity contribution in [2.24, 2.45) is 0 Å². The number of rotatable bonds is 4. The van der Waals surface area contributed by atoms with Crippen LogP contribution < -0.4 is 15.8 Å². The van der Waals surface area contributed by atoms with Crippen LogP contribution in [0.3, 0.4) is 0 Å². The number of nitrogens with two attached hydrogens (primary N) is 1. The molecule has 0 unspecified atom stereocenters. The van der Waals surface area contributed by atoms with E-state index in [-0.39, 0.29) is 23.3 Å². The van der Waals surface area contributed by atoms with Crippen LogP contribution in [-0.4, -0.2) is 30.1 Å². The van der Waals surface area contributed by atoms with Crippen LogP contribution in [-0.2, 0) is 0 Å². The first kappa shape index (κ1) is 18.6. The maximum absolute atomic E-state index is 14.1. The van der Waals surface area contributed by atoms with Gasteiger partial charge in [0, 0.05) is 6.07 Å². The molecular formula is C20H14F2N8O. The van der Waals surface area contributed by atoms with Gasteiger partial charge in [0.2, 0.25) is 11.8 Å². The molecule has 0 aliphatic rings. The van der Waals surface area contributed by atoms with Crippen LogP contribution in [0.15, 0.2) is 42.9 Å². The SMILES string of the molecule is Cc1ccc2[nH]ncc2c1Oc1nc(Nc2nc(F)ccc2F)cc2ncnc(N)c12. The van der Waals surface area contributed by atoms with Gasteiger partial charge in [-0.15, -0.1) is 0 Å². The molecule has 0 aliphatic heterocycles. The first-order valence-corrected chi connectivity index (χ1v) is 9.10. The van der Waals surface area contributed by atoms with Crippen molar-refractivity contribution < 1.29 is 13.5 Å². The van der Waals surface area contributed by atoms with E-state index in [4.69, 9.17) is 10.5 Å². The predicted molar refractivity (Wildman–Crippen MR) is 110 cm³/mol. The van der Waals surface area contributed by atoms with E-state index in [0.717, 1.165) is 28.6 Å². The Balaban J connectivity index is 1.66. The summed E-state index contributed by atoms with van der Waals surface area (Å²) >= 11 is 0. The van der Waals surface area contributed by atoms with Crippen LogP contribution in [0.5, 0.6) is 11.6 Å². The lowest BCUT2D eigenvalue weighted by Crippen LogP contribution is -2.04. The molecule has 154 valence electrons. The number of ether oxygens (including phenoxy) is 1. The number of anilines is 3. The van der Waals surface area contributed by atoms with E-state index in [0.29, 0.717) is 16.7 Å². The number of aryl methyl sites for hydroxylation is 1. The average Bonchev–Trinajstić information content (AvgIpc) is 3.22. The molecule has 5 aromatic rings. The third-order valence-corrected chi connectivity index (χ3v) is 4.64. The molecule has 0 aliphatic carbocycles. The number of fused-ring (bicyclic) bond motifs is 2. The second-order valence-corrected chi connectivity index (χ2v) is 6.70. The molecule has 4 N–H and O–H groups in total. The number of H-pyrrole nitrogens is 1. The Morgan fingerprint density at radius 2 is 1.97 bits per heavy atom. The molecule has 0 atom stereocenters. The van der Waals surface area contributed by atoms with E-state index in [9.17, 15) is 8.78 Å². The molecule has 9 nitrogen and oxygen atoms in total. The van der Waals surface area contributed by atoms with Crippen molar-refractivity contribution in [2.45, 2.75) is 6.92 Å². The largest absolute Gasteiger partial charge is 0.437 e. The Hall–Kier alpha value is -4.41. The minimum Gasteiger partial charge on any atom is -0.437 e. The van der Waals surface area contributed by atoms with E-state index in [2.05, 4.69) is 35.5 Å². The number of hydrogen-bond donors (Lipinski definition) is 3. The van der Waals surface area contributed by atoms with Crippen molar-refractivity contribution in [3.05, 3.63) is 60.2 Å². The Morgan fingerprint density at radius 1 is 1.10 bits per heavy atom. The normalized spacial score (nSPS) is 11.2. The Kier molecular flexibility index (Phi) is 4.28. The Labute approximate surface area is 173 Å². The van der Waals surface area contributed by atoms with Crippen molar-refractivity contribution in [3.8, 4) is 11.6 Å². The third-order valence-electron chi connectivity index (χ3n) is 4.64. The van der Waals surface area contributed by atoms with E-state index in [1.165, 1.54) is 12.4 Å². The predicted octanol–water partition coefficient (Wildman–Crippen LogP) is 4.00. The molecule has 31 heavy (non-hydrogen) atoms. The van der Waals surface area contributed by atoms with Crippen LogP contribution >= 0.6 is 0 Å². The average molecular weight is 420 g/mol. The highest BCUT2D eigenvalue weighted by atomic mass is 19.1. The molecule has 5 rings (SSSR count). The summed E-state index contributed by atoms with van der Waals surface area (Å²) in [6.45, 7) is 1.87. The van der Waals surface area contributed by atoms with E-state index in [1.54, 1.807) is 6.20 Å². The number of hydrogen-bond acceptors (Lipinski definition) is 8. The highest BCUT2D eigenvalue weighted by Gasteiger charge is 2.17. The number of nitrogens with one attached hydrogen (secondary N) is 2. The zero-order valence-corrected chi connectivity index (χ0v) is 16.0. The monoisotopic (exact) mass is 420 g/mol. The maximum Gasteiger partial charge on any atom is 0.234 e. The molecular weight excluding hydrogens is 406 g/mol. The van der Waals surface area contributed by atoms with Gasteiger partial charge in [0.1, 0.15) is 29.1 Å². The number of nitrogens with zero attached hydrogens (tertiary/aromatic N) is 5. The molecule has 4 heterocycles. The van der Waals surface area contributed by atoms with Crippen molar-refractivity contribution in [1.82, 2.24) is 30.1 Å². The van der Waals surface area contributed by atoms with Crippen molar-refractivity contribution >= 4 is 39.3 Å². The molecule has 0 fully saturated rings. The molecule has 0 bridgehead atoms. The smallest absolute Gasteiger partial charge is 0.234 e. The lowest BCUT2D eigenvalue weighted by molar-refractivity contribution is 0.472. The number of aromatic nitrogens is 6. The van der Waals surface area contributed by atoms with Crippen LogP contribution in [0.2, 0.25) is 0 Å². The number of benzene rings is 1. The summed E-state index contributed by atoms with van der Waals surface area (Å²) in [6.07, 6.45) is 2.92. The van der Waals surface area contributed by atoms with Gasteiger partial charge in [-0.05, 0) is 30.7 Å². The number of nitrogen functional groups attached to an aromatic ring is 1.